The molecule has 2 rings (SSSR count). The molecule has 0 heterocycles. The van der Waals surface area contributed by atoms with Crippen molar-refractivity contribution < 1.29 is 4.79 Å². The molecule has 0 bridgehead atoms. The average molecular weight is 273 g/mol. The van der Waals surface area contributed by atoms with E-state index >= 15 is 0 Å². The number of amides is 1. The lowest BCUT2D eigenvalue weighted by molar-refractivity contribution is -0.120. The minimum Gasteiger partial charge on any atom is -0.273 e. The number of benzene rings is 2. The van der Waals surface area contributed by atoms with Crippen molar-refractivity contribution >= 4 is 23.7 Å². The Balaban J connectivity index is 1.87. The maximum Gasteiger partial charge on any atom is 0.244 e. The standard InChI is InChI=1S/C15H13ClN2O/c16-14-8-4-7-13(9-14)11-17-18-15(19)10-12-5-2-1-3-6-12/h1-9,11H,10H2,(H,18,19)/b17-11+. The summed E-state index contributed by atoms with van der Waals surface area (Å²) in [5.74, 6) is -0.149. The molecule has 0 aliphatic rings. The van der Waals surface area contributed by atoms with Gasteiger partial charge in [0.25, 0.3) is 0 Å². The van der Waals surface area contributed by atoms with Gasteiger partial charge in [0.05, 0.1) is 12.6 Å². The first-order valence-corrected chi connectivity index (χ1v) is 6.23. The molecule has 1 amide bonds. The topological polar surface area (TPSA) is 41.5 Å². The van der Waals surface area contributed by atoms with Crippen molar-refractivity contribution in [3.05, 3.63) is 70.7 Å². The van der Waals surface area contributed by atoms with Crippen LogP contribution in [0.25, 0.3) is 0 Å². The molecule has 3 nitrogen and oxygen atoms in total. The molecule has 0 saturated carbocycles. The second kappa shape index (κ2) is 6.71. The van der Waals surface area contributed by atoms with E-state index in [4.69, 9.17) is 11.6 Å². The Kier molecular flexibility index (Phi) is 4.70. The number of carbonyl (C=O) groups excluding carboxylic acids is 1. The van der Waals surface area contributed by atoms with E-state index < -0.39 is 0 Å². The Bertz CT molecular complexity index is 582. The fourth-order valence-corrected chi connectivity index (χ4v) is 1.79. The quantitative estimate of drug-likeness (QED) is 0.675. The third-order valence-electron chi connectivity index (χ3n) is 2.46. The first-order chi connectivity index (χ1) is 9.24. The van der Waals surface area contributed by atoms with Crippen molar-refractivity contribution in [1.29, 1.82) is 0 Å². The van der Waals surface area contributed by atoms with Crippen LogP contribution in [0, 0.1) is 0 Å². The van der Waals surface area contributed by atoms with Crippen molar-refractivity contribution in [1.82, 2.24) is 5.43 Å². The van der Waals surface area contributed by atoms with Crippen molar-refractivity contribution in [3.63, 3.8) is 0 Å². The van der Waals surface area contributed by atoms with Gasteiger partial charge in [0, 0.05) is 5.02 Å². The van der Waals surface area contributed by atoms with Crippen molar-refractivity contribution in [2.75, 3.05) is 0 Å². The van der Waals surface area contributed by atoms with E-state index in [2.05, 4.69) is 10.5 Å². The van der Waals surface area contributed by atoms with E-state index in [-0.39, 0.29) is 5.91 Å². The number of halogens is 1. The number of hydrogen-bond acceptors (Lipinski definition) is 2. The third-order valence-corrected chi connectivity index (χ3v) is 2.69. The van der Waals surface area contributed by atoms with Gasteiger partial charge in [0.1, 0.15) is 0 Å². The maximum atomic E-state index is 11.6. The van der Waals surface area contributed by atoms with E-state index in [1.807, 2.05) is 42.5 Å². The fourth-order valence-electron chi connectivity index (χ4n) is 1.59. The highest BCUT2D eigenvalue weighted by Gasteiger charge is 2.00. The van der Waals surface area contributed by atoms with Gasteiger partial charge in [-0.2, -0.15) is 5.10 Å². The lowest BCUT2D eigenvalue weighted by Crippen LogP contribution is -2.19. The van der Waals surface area contributed by atoms with Gasteiger partial charge in [0.15, 0.2) is 0 Å². The summed E-state index contributed by atoms with van der Waals surface area (Å²) in [6.07, 6.45) is 1.88. The summed E-state index contributed by atoms with van der Waals surface area (Å²) in [4.78, 5) is 11.6. The Morgan fingerprint density at radius 1 is 1.16 bits per heavy atom. The van der Waals surface area contributed by atoms with Crippen LogP contribution in [0.15, 0.2) is 59.7 Å². The van der Waals surface area contributed by atoms with Gasteiger partial charge in [-0.25, -0.2) is 5.43 Å². The first kappa shape index (κ1) is 13.3. The zero-order chi connectivity index (χ0) is 13.5. The number of hydrazone groups is 1. The Hall–Kier alpha value is -2.13. The van der Waals surface area contributed by atoms with Crippen LogP contribution in [-0.2, 0) is 11.2 Å². The summed E-state index contributed by atoms with van der Waals surface area (Å²) < 4.78 is 0. The number of nitrogens with zero attached hydrogens (tertiary/aromatic N) is 1. The Morgan fingerprint density at radius 2 is 1.95 bits per heavy atom. The lowest BCUT2D eigenvalue weighted by atomic mass is 10.1. The summed E-state index contributed by atoms with van der Waals surface area (Å²) in [5.41, 5.74) is 4.28. The number of hydrogen-bond donors (Lipinski definition) is 1. The largest absolute Gasteiger partial charge is 0.273 e. The third kappa shape index (κ3) is 4.56. The highest BCUT2D eigenvalue weighted by molar-refractivity contribution is 6.30. The Morgan fingerprint density at radius 3 is 2.68 bits per heavy atom. The van der Waals surface area contributed by atoms with Gasteiger partial charge >= 0.3 is 0 Å². The molecule has 0 aromatic heterocycles. The summed E-state index contributed by atoms with van der Waals surface area (Å²) in [6.45, 7) is 0. The zero-order valence-corrected chi connectivity index (χ0v) is 11.0. The minimum absolute atomic E-state index is 0.149. The Labute approximate surface area is 116 Å². The normalized spacial score (nSPS) is 10.6. The van der Waals surface area contributed by atoms with Gasteiger partial charge in [-0.15, -0.1) is 0 Å². The van der Waals surface area contributed by atoms with E-state index in [0.717, 1.165) is 11.1 Å². The molecule has 0 aliphatic carbocycles. The fraction of sp³-hybridized carbons (Fsp3) is 0.0667. The predicted octanol–water partition coefficient (Wildman–Crippen LogP) is 3.03. The van der Waals surface area contributed by atoms with Crippen LogP contribution in [0.2, 0.25) is 5.02 Å². The molecule has 2 aromatic rings. The zero-order valence-electron chi connectivity index (χ0n) is 10.2. The van der Waals surface area contributed by atoms with E-state index in [0.29, 0.717) is 11.4 Å². The molecule has 0 saturated heterocycles. The summed E-state index contributed by atoms with van der Waals surface area (Å²) in [5, 5.41) is 4.53. The summed E-state index contributed by atoms with van der Waals surface area (Å²) >= 11 is 5.84. The molecule has 0 fully saturated rings. The second-order valence-corrected chi connectivity index (χ2v) is 4.45. The average Bonchev–Trinajstić information content (AvgIpc) is 2.40. The monoisotopic (exact) mass is 272 g/mol. The summed E-state index contributed by atoms with van der Waals surface area (Å²) in [7, 11) is 0. The highest BCUT2D eigenvalue weighted by atomic mass is 35.5. The molecular weight excluding hydrogens is 260 g/mol. The molecule has 0 aliphatic heterocycles. The summed E-state index contributed by atoms with van der Waals surface area (Å²) in [6, 6.07) is 16.8. The van der Waals surface area contributed by atoms with Crippen LogP contribution in [0.5, 0.6) is 0 Å². The minimum atomic E-state index is -0.149. The van der Waals surface area contributed by atoms with Gasteiger partial charge in [-0.3, -0.25) is 4.79 Å². The van der Waals surface area contributed by atoms with Gasteiger partial charge in [0.2, 0.25) is 5.91 Å². The molecule has 2 aromatic carbocycles. The first-order valence-electron chi connectivity index (χ1n) is 5.85. The molecule has 0 radical (unpaired) electrons. The van der Waals surface area contributed by atoms with Crippen molar-refractivity contribution in [2.45, 2.75) is 6.42 Å². The van der Waals surface area contributed by atoms with Crippen LogP contribution in [0.3, 0.4) is 0 Å². The van der Waals surface area contributed by atoms with E-state index in [1.54, 1.807) is 18.3 Å². The molecule has 1 N–H and O–H groups in total. The van der Waals surface area contributed by atoms with Crippen molar-refractivity contribution in [3.8, 4) is 0 Å². The van der Waals surface area contributed by atoms with Gasteiger partial charge in [-0.1, -0.05) is 54.1 Å². The number of nitrogens with one attached hydrogen (secondary N) is 1. The molecule has 0 atom stereocenters. The van der Waals surface area contributed by atoms with E-state index in [9.17, 15) is 4.79 Å². The maximum absolute atomic E-state index is 11.6. The number of rotatable bonds is 4. The lowest BCUT2D eigenvalue weighted by Gasteiger charge is -2.00. The molecule has 0 spiro atoms. The smallest absolute Gasteiger partial charge is 0.244 e. The molecule has 0 unspecified atom stereocenters. The number of carbonyl (C=O) groups is 1. The second-order valence-electron chi connectivity index (χ2n) is 4.01. The van der Waals surface area contributed by atoms with Crippen molar-refractivity contribution in [2.24, 2.45) is 5.10 Å². The SMILES string of the molecule is O=C(Cc1ccccc1)N/N=C/c1cccc(Cl)c1. The molecule has 4 heteroatoms. The molecular formula is C15H13ClN2O. The van der Waals surface area contributed by atoms with Crippen LogP contribution in [0.1, 0.15) is 11.1 Å². The van der Waals surface area contributed by atoms with Crippen LogP contribution in [-0.4, -0.2) is 12.1 Å². The predicted molar refractivity (Wildman–Crippen MR) is 77.3 cm³/mol. The van der Waals surface area contributed by atoms with Crippen LogP contribution < -0.4 is 5.43 Å². The van der Waals surface area contributed by atoms with E-state index in [1.165, 1.54) is 0 Å². The van der Waals surface area contributed by atoms with Gasteiger partial charge < -0.3 is 0 Å². The highest BCUT2D eigenvalue weighted by Crippen LogP contribution is 2.08. The van der Waals surface area contributed by atoms with Gasteiger partial charge in [-0.05, 0) is 23.3 Å². The molecule has 19 heavy (non-hydrogen) atoms. The molecule has 96 valence electrons. The van der Waals surface area contributed by atoms with Crippen LogP contribution in [0.4, 0.5) is 0 Å². The van der Waals surface area contributed by atoms with Crippen LogP contribution >= 0.6 is 11.6 Å².